The first-order valence-electron chi connectivity index (χ1n) is 10.5. The number of carbonyl (C=O) groups excluding carboxylic acids is 2. The molecule has 2 aromatic heterocycles. The van der Waals surface area contributed by atoms with E-state index in [-0.39, 0.29) is 11.8 Å². The summed E-state index contributed by atoms with van der Waals surface area (Å²) < 4.78 is 5.10. The number of para-hydroxylation sites is 1. The van der Waals surface area contributed by atoms with Crippen LogP contribution >= 0.6 is 11.3 Å². The molecule has 0 saturated carbocycles. The topological polar surface area (TPSA) is 84.4 Å². The van der Waals surface area contributed by atoms with Gasteiger partial charge in [0.1, 0.15) is 17.0 Å². The second-order valence-electron chi connectivity index (χ2n) is 7.68. The molecule has 0 unspecified atom stereocenters. The second-order valence-corrected chi connectivity index (χ2v) is 8.88. The van der Waals surface area contributed by atoms with E-state index < -0.39 is 5.97 Å². The number of esters is 1. The summed E-state index contributed by atoms with van der Waals surface area (Å²) in [5.74, 6) is 0.349. The molecule has 0 spiro atoms. The Morgan fingerprint density at radius 3 is 2.68 bits per heavy atom. The SMILES string of the molecule is CCOC(=O)c1ccccc1NC(=O)C1CCN(c2ncnc3sc(C)c(C)c23)CC1. The van der Waals surface area contributed by atoms with Crippen molar-refractivity contribution < 1.29 is 14.3 Å². The molecular formula is C23H26N4O3S. The van der Waals surface area contributed by atoms with E-state index in [2.05, 4.69) is 34.0 Å². The Labute approximate surface area is 185 Å². The number of amides is 1. The number of carbonyl (C=O) groups is 2. The molecule has 3 heterocycles. The van der Waals surface area contributed by atoms with Gasteiger partial charge in [-0.05, 0) is 51.3 Å². The Hall–Kier alpha value is -3.00. The summed E-state index contributed by atoms with van der Waals surface area (Å²) in [6.45, 7) is 7.77. The number of ether oxygens (including phenoxy) is 1. The maximum absolute atomic E-state index is 12.9. The van der Waals surface area contributed by atoms with Gasteiger partial charge >= 0.3 is 5.97 Å². The molecule has 1 aromatic carbocycles. The summed E-state index contributed by atoms with van der Waals surface area (Å²) in [4.78, 5) is 38.6. The molecule has 7 nitrogen and oxygen atoms in total. The summed E-state index contributed by atoms with van der Waals surface area (Å²) >= 11 is 1.69. The van der Waals surface area contributed by atoms with Gasteiger partial charge in [-0.15, -0.1) is 11.3 Å². The maximum atomic E-state index is 12.9. The smallest absolute Gasteiger partial charge is 0.340 e. The molecule has 0 radical (unpaired) electrons. The maximum Gasteiger partial charge on any atom is 0.340 e. The normalized spacial score (nSPS) is 14.6. The van der Waals surface area contributed by atoms with Crippen LogP contribution in [0.4, 0.5) is 11.5 Å². The zero-order valence-corrected chi connectivity index (χ0v) is 18.8. The summed E-state index contributed by atoms with van der Waals surface area (Å²) in [7, 11) is 0. The van der Waals surface area contributed by atoms with Crippen LogP contribution in [0.3, 0.4) is 0 Å². The minimum absolute atomic E-state index is 0.0632. The number of aryl methyl sites for hydroxylation is 2. The van der Waals surface area contributed by atoms with Crippen LogP contribution in [0, 0.1) is 19.8 Å². The third-order valence-electron chi connectivity index (χ3n) is 5.79. The summed E-state index contributed by atoms with van der Waals surface area (Å²) in [5.41, 5.74) is 2.10. The standard InChI is InChI=1S/C23H26N4O3S/c1-4-30-23(29)17-7-5-6-8-18(17)26-21(28)16-9-11-27(12-10-16)20-19-14(2)15(3)31-22(19)25-13-24-20/h5-8,13,16H,4,9-12H2,1-3H3,(H,26,28). The number of fused-ring (bicyclic) bond motifs is 1. The van der Waals surface area contributed by atoms with Crippen LogP contribution in [-0.4, -0.2) is 41.5 Å². The predicted octanol–water partition coefficient (Wildman–Crippen LogP) is 4.34. The zero-order valence-electron chi connectivity index (χ0n) is 18.0. The second kappa shape index (κ2) is 9.01. The molecule has 0 atom stereocenters. The number of rotatable bonds is 5. The Morgan fingerprint density at radius 2 is 1.94 bits per heavy atom. The van der Waals surface area contributed by atoms with E-state index in [9.17, 15) is 9.59 Å². The van der Waals surface area contributed by atoms with Gasteiger partial charge in [0.25, 0.3) is 0 Å². The fraction of sp³-hybridized carbons (Fsp3) is 0.391. The van der Waals surface area contributed by atoms with Crippen LogP contribution in [0.1, 0.15) is 40.6 Å². The third kappa shape index (κ3) is 4.25. The largest absolute Gasteiger partial charge is 0.462 e. The quantitative estimate of drug-likeness (QED) is 0.597. The Kier molecular flexibility index (Phi) is 6.18. The number of benzene rings is 1. The van der Waals surface area contributed by atoms with Gasteiger partial charge in [0.2, 0.25) is 5.91 Å². The highest BCUT2D eigenvalue weighted by atomic mass is 32.1. The van der Waals surface area contributed by atoms with Crippen LogP contribution in [0.2, 0.25) is 0 Å². The summed E-state index contributed by atoms with van der Waals surface area (Å²) in [6, 6.07) is 6.96. The van der Waals surface area contributed by atoms with Crippen LogP contribution in [-0.2, 0) is 9.53 Å². The molecule has 162 valence electrons. The average Bonchev–Trinajstić information content (AvgIpc) is 3.08. The van der Waals surface area contributed by atoms with Crippen LogP contribution < -0.4 is 10.2 Å². The average molecular weight is 439 g/mol. The number of hydrogen-bond acceptors (Lipinski definition) is 7. The predicted molar refractivity (Wildman–Crippen MR) is 123 cm³/mol. The lowest BCUT2D eigenvalue weighted by Gasteiger charge is -2.32. The van der Waals surface area contributed by atoms with Crippen molar-refractivity contribution in [2.24, 2.45) is 5.92 Å². The molecule has 31 heavy (non-hydrogen) atoms. The van der Waals surface area contributed by atoms with Crippen molar-refractivity contribution in [1.82, 2.24) is 9.97 Å². The lowest BCUT2D eigenvalue weighted by Crippen LogP contribution is -2.38. The molecule has 1 N–H and O–H groups in total. The van der Waals surface area contributed by atoms with E-state index in [1.165, 1.54) is 10.4 Å². The molecule has 1 amide bonds. The number of anilines is 2. The van der Waals surface area contributed by atoms with Crippen molar-refractivity contribution in [2.75, 3.05) is 29.9 Å². The molecule has 1 aliphatic rings. The number of aromatic nitrogens is 2. The fourth-order valence-corrected chi connectivity index (χ4v) is 4.96. The first kappa shape index (κ1) is 21.2. The Balaban J connectivity index is 1.44. The first-order valence-corrected chi connectivity index (χ1v) is 11.3. The van der Waals surface area contributed by atoms with E-state index in [4.69, 9.17) is 4.74 Å². The Morgan fingerprint density at radius 1 is 1.19 bits per heavy atom. The number of piperidine rings is 1. The van der Waals surface area contributed by atoms with Crippen molar-refractivity contribution >= 4 is 44.9 Å². The van der Waals surface area contributed by atoms with Crippen molar-refractivity contribution in [2.45, 2.75) is 33.6 Å². The van der Waals surface area contributed by atoms with Gasteiger partial charge in [-0.2, -0.15) is 0 Å². The van der Waals surface area contributed by atoms with Crippen molar-refractivity contribution in [3.63, 3.8) is 0 Å². The molecule has 0 aliphatic carbocycles. The van der Waals surface area contributed by atoms with Crippen LogP contribution in [0.5, 0.6) is 0 Å². The number of thiophene rings is 1. The first-order chi connectivity index (χ1) is 15.0. The lowest BCUT2D eigenvalue weighted by molar-refractivity contribution is -0.120. The fourth-order valence-electron chi connectivity index (χ4n) is 3.97. The summed E-state index contributed by atoms with van der Waals surface area (Å²) in [6.07, 6.45) is 3.07. The highest BCUT2D eigenvalue weighted by molar-refractivity contribution is 7.18. The summed E-state index contributed by atoms with van der Waals surface area (Å²) in [5, 5.41) is 4.06. The molecular weight excluding hydrogens is 412 g/mol. The van der Waals surface area contributed by atoms with E-state index >= 15 is 0 Å². The van der Waals surface area contributed by atoms with Crippen molar-refractivity contribution in [3.8, 4) is 0 Å². The monoisotopic (exact) mass is 438 g/mol. The van der Waals surface area contributed by atoms with Gasteiger partial charge in [0, 0.05) is 23.9 Å². The highest BCUT2D eigenvalue weighted by Crippen LogP contribution is 2.35. The number of nitrogens with zero attached hydrogens (tertiary/aromatic N) is 3. The number of hydrogen-bond donors (Lipinski definition) is 1. The minimum atomic E-state index is -0.428. The van der Waals surface area contributed by atoms with Crippen molar-refractivity contribution in [3.05, 3.63) is 46.6 Å². The lowest BCUT2D eigenvalue weighted by atomic mass is 9.95. The minimum Gasteiger partial charge on any atom is -0.462 e. The zero-order chi connectivity index (χ0) is 22.0. The van der Waals surface area contributed by atoms with E-state index in [1.807, 2.05) is 0 Å². The molecule has 0 bridgehead atoms. The molecule has 8 heteroatoms. The van der Waals surface area contributed by atoms with Gasteiger partial charge in [-0.3, -0.25) is 4.79 Å². The molecule has 3 aromatic rings. The van der Waals surface area contributed by atoms with E-state index in [1.54, 1.807) is 48.9 Å². The van der Waals surface area contributed by atoms with Gasteiger partial charge in [-0.1, -0.05) is 12.1 Å². The van der Waals surface area contributed by atoms with E-state index in [0.717, 1.165) is 42.0 Å². The van der Waals surface area contributed by atoms with Crippen LogP contribution in [0.15, 0.2) is 30.6 Å². The van der Waals surface area contributed by atoms with Crippen LogP contribution in [0.25, 0.3) is 10.2 Å². The van der Waals surface area contributed by atoms with Crippen molar-refractivity contribution in [1.29, 1.82) is 0 Å². The van der Waals surface area contributed by atoms with Gasteiger partial charge in [-0.25, -0.2) is 14.8 Å². The highest BCUT2D eigenvalue weighted by Gasteiger charge is 2.28. The molecule has 1 fully saturated rings. The number of nitrogens with one attached hydrogen (secondary N) is 1. The van der Waals surface area contributed by atoms with Gasteiger partial charge in [0.05, 0.1) is 23.2 Å². The molecule has 1 saturated heterocycles. The molecule has 1 aliphatic heterocycles. The van der Waals surface area contributed by atoms with Gasteiger partial charge in [0.15, 0.2) is 0 Å². The van der Waals surface area contributed by atoms with E-state index in [0.29, 0.717) is 17.9 Å². The Bertz CT molecular complexity index is 1120. The van der Waals surface area contributed by atoms with Gasteiger partial charge < -0.3 is 15.0 Å². The third-order valence-corrected chi connectivity index (χ3v) is 6.91. The molecule has 4 rings (SSSR count).